The minimum atomic E-state index is -1.29. The molecule has 3 aromatic rings. The van der Waals surface area contributed by atoms with Crippen LogP contribution >= 0.6 is 0 Å². The Bertz CT molecular complexity index is 972. The normalized spacial score (nSPS) is 16.0. The second-order valence-corrected chi connectivity index (χ2v) is 4.98. The van der Waals surface area contributed by atoms with Crippen LogP contribution in [0.1, 0.15) is 11.9 Å². The Morgan fingerprint density at radius 3 is 2.68 bits per heavy atom. The average Bonchev–Trinajstić information content (AvgIpc) is 2.53. The molecule has 0 fully saturated rings. The maximum Gasteiger partial charge on any atom is 0.346 e. The lowest BCUT2D eigenvalue weighted by atomic mass is 9.96. The highest BCUT2D eigenvalue weighted by molar-refractivity contribution is 6.13. The summed E-state index contributed by atoms with van der Waals surface area (Å²) < 4.78 is 21.0. The summed E-state index contributed by atoms with van der Waals surface area (Å²) in [5.74, 6) is 1.01. The molecule has 1 aromatic heterocycles. The van der Waals surface area contributed by atoms with E-state index in [-0.39, 0.29) is 5.95 Å². The van der Waals surface area contributed by atoms with Gasteiger partial charge >= 0.3 is 5.63 Å². The molecule has 6 heteroatoms. The van der Waals surface area contributed by atoms with Gasteiger partial charge in [0.05, 0.1) is 19.6 Å². The van der Waals surface area contributed by atoms with Crippen LogP contribution in [0.4, 0.5) is 0 Å². The standard InChI is InChI=1S/C16H12O6/c1-19-8-5-7-3-4-9-12-11(7)10(6-8)21-15(18)13(12)16(20-2)22-14(9)17/h3-6,15,18H,1-2H3. The van der Waals surface area contributed by atoms with Crippen LogP contribution in [0.5, 0.6) is 17.4 Å². The van der Waals surface area contributed by atoms with Gasteiger partial charge in [-0.05, 0) is 17.5 Å². The van der Waals surface area contributed by atoms with Crippen molar-refractivity contribution < 1.29 is 23.7 Å². The molecule has 1 aliphatic heterocycles. The summed E-state index contributed by atoms with van der Waals surface area (Å²) in [6.45, 7) is 0. The number of benzene rings is 2. The van der Waals surface area contributed by atoms with Crippen LogP contribution in [0, 0.1) is 0 Å². The van der Waals surface area contributed by atoms with Crippen molar-refractivity contribution in [1.29, 1.82) is 0 Å². The van der Waals surface area contributed by atoms with E-state index in [1.807, 2.05) is 6.07 Å². The molecule has 1 unspecified atom stereocenters. The van der Waals surface area contributed by atoms with Crippen LogP contribution in [0.2, 0.25) is 0 Å². The van der Waals surface area contributed by atoms with Gasteiger partial charge in [0.1, 0.15) is 17.1 Å². The van der Waals surface area contributed by atoms with Crippen molar-refractivity contribution in [3.8, 4) is 17.4 Å². The first kappa shape index (κ1) is 13.0. The third-order valence-corrected chi connectivity index (χ3v) is 3.86. The smallest absolute Gasteiger partial charge is 0.346 e. The SMILES string of the molecule is COc1cc2c3c(ccc4c(=O)oc(OC)c(c43)C(O)O2)c1. The highest BCUT2D eigenvalue weighted by Gasteiger charge is 2.30. The molecular weight excluding hydrogens is 288 g/mol. The summed E-state index contributed by atoms with van der Waals surface area (Å²) >= 11 is 0. The summed E-state index contributed by atoms with van der Waals surface area (Å²) in [7, 11) is 2.92. The van der Waals surface area contributed by atoms with Crippen molar-refractivity contribution in [2.45, 2.75) is 6.29 Å². The van der Waals surface area contributed by atoms with Gasteiger partial charge < -0.3 is 23.7 Å². The monoisotopic (exact) mass is 300 g/mol. The summed E-state index contributed by atoms with van der Waals surface area (Å²) in [6.07, 6.45) is -1.29. The van der Waals surface area contributed by atoms with Gasteiger partial charge in [0.15, 0.2) is 0 Å². The number of aliphatic hydroxyl groups is 1. The van der Waals surface area contributed by atoms with Crippen molar-refractivity contribution in [3.05, 3.63) is 40.2 Å². The van der Waals surface area contributed by atoms with Crippen molar-refractivity contribution in [2.75, 3.05) is 14.2 Å². The molecule has 0 amide bonds. The first-order chi connectivity index (χ1) is 10.6. The number of methoxy groups -OCH3 is 2. The van der Waals surface area contributed by atoms with Gasteiger partial charge in [0, 0.05) is 16.8 Å². The maximum atomic E-state index is 12.1. The molecule has 1 atom stereocenters. The van der Waals surface area contributed by atoms with Gasteiger partial charge in [-0.1, -0.05) is 6.07 Å². The topological polar surface area (TPSA) is 78.1 Å². The zero-order valence-corrected chi connectivity index (χ0v) is 11.9. The second kappa shape index (κ2) is 4.38. The lowest BCUT2D eigenvalue weighted by Crippen LogP contribution is -2.16. The van der Waals surface area contributed by atoms with Crippen LogP contribution in [0.3, 0.4) is 0 Å². The Morgan fingerprint density at radius 1 is 1.14 bits per heavy atom. The van der Waals surface area contributed by atoms with Crippen molar-refractivity contribution in [1.82, 2.24) is 0 Å². The molecule has 22 heavy (non-hydrogen) atoms. The summed E-state index contributed by atoms with van der Waals surface area (Å²) in [5, 5.41) is 12.8. The molecule has 2 aromatic carbocycles. The summed E-state index contributed by atoms with van der Waals surface area (Å²) in [5.41, 5.74) is -0.200. The first-order valence-electron chi connectivity index (χ1n) is 6.64. The van der Waals surface area contributed by atoms with Gasteiger partial charge in [-0.25, -0.2) is 4.79 Å². The minimum absolute atomic E-state index is 0.0426. The predicted octanol–water partition coefficient (Wildman–Crippen LogP) is 2.35. The zero-order valence-electron chi connectivity index (χ0n) is 11.9. The number of rotatable bonds is 2. The highest BCUT2D eigenvalue weighted by Crippen LogP contribution is 2.46. The second-order valence-electron chi connectivity index (χ2n) is 4.98. The van der Waals surface area contributed by atoms with Gasteiger partial charge in [0.2, 0.25) is 6.29 Å². The van der Waals surface area contributed by atoms with Crippen molar-refractivity contribution in [3.63, 3.8) is 0 Å². The number of hydrogen-bond donors (Lipinski definition) is 1. The third kappa shape index (κ3) is 1.55. The molecule has 0 radical (unpaired) electrons. The molecule has 2 heterocycles. The van der Waals surface area contributed by atoms with E-state index in [0.29, 0.717) is 27.8 Å². The third-order valence-electron chi connectivity index (χ3n) is 3.86. The predicted molar refractivity (Wildman–Crippen MR) is 78.7 cm³/mol. The Balaban J connectivity index is 2.29. The summed E-state index contributed by atoms with van der Waals surface area (Å²) in [4.78, 5) is 12.1. The van der Waals surface area contributed by atoms with Gasteiger partial charge in [-0.15, -0.1) is 0 Å². The molecule has 1 aliphatic rings. The quantitative estimate of drug-likeness (QED) is 0.732. The molecule has 0 aliphatic carbocycles. The fourth-order valence-electron chi connectivity index (χ4n) is 2.91. The van der Waals surface area contributed by atoms with Crippen LogP contribution in [-0.2, 0) is 0 Å². The molecule has 0 saturated heterocycles. The summed E-state index contributed by atoms with van der Waals surface area (Å²) in [6, 6.07) is 6.96. The first-order valence-corrected chi connectivity index (χ1v) is 6.64. The number of ether oxygens (including phenoxy) is 3. The maximum absolute atomic E-state index is 12.1. The fraction of sp³-hybridized carbons (Fsp3) is 0.188. The molecule has 4 rings (SSSR count). The van der Waals surface area contributed by atoms with Crippen LogP contribution in [0.15, 0.2) is 33.5 Å². The van der Waals surface area contributed by atoms with E-state index in [1.165, 1.54) is 7.11 Å². The van der Waals surface area contributed by atoms with Crippen LogP contribution in [-0.4, -0.2) is 19.3 Å². The van der Waals surface area contributed by atoms with E-state index in [0.717, 1.165) is 10.8 Å². The van der Waals surface area contributed by atoms with E-state index in [9.17, 15) is 9.90 Å². The van der Waals surface area contributed by atoms with Gasteiger partial charge in [-0.3, -0.25) is 0 Å². The Kier molecular flexibility index (Phi) is 2.58. The lowest BCUT2D eigenvalue weighted by molar-refractivity contribution is -0.0226. The van der Waals surface area contributed by atoms with Crippen LogP contribution in [0.25, 0.3) is 21.5 Å². The number of aliphatic hydroxyl groups excluding tert-OH is 1. The zero-order chi connectivity index (χ0) is 15.4. The van der Waals surface area contributed by atoms with Crippen molar-refractivity contribution in [2.24, 2.45) is 0 Å². The lowest BCUT2D eigenvalue weighted by Gasteiger charge is -2.24. The molecule has 0 saturated carbocycles. The molecule has 6 nitrogen and oxygen atoms in total. The van der Waals surface area contributed by atoms with E-state index in [4.69, 9.17) is 18.6 Å². The highest BCUT2D eigenvalue weighted by atomic mass is 16.6. The Labute approximate surface area is 124 Å². The van der Waals surface area contributed by atoms with E-state index in [1.54, 1.807) is 25.3 Å². The molecule has 1 N–H and O–H groups in total. The fourth-order valence-corrected chi connectivity index (χ4v) is 2.91. The van der Waals surface area contributed by atoms with Crippen molar-refractivity contribution >= 4 is 21.5 Å². The van der Waals surface area contributed by atoms with E-state index < -0.39 is 11.9 Å². The molecular formula is C16H12O6. The Morgan fingerprint density at radius 2 is 1.95 bits per heavy atom. The molecule has 0 spiro atoms. The van der Waals surface area contributed by atoms with Gasteiger partial charge in [0.25, 0.3) is 5.95 Å². The van der Waals surface area contributed by atoms with Gasteiger partial charge in [-0.2, -0.15) is 0 Å². The van der Waals surface area contributed by atoms with E-state index in [2.05, 4.69) is 0 Å². The molecule has 112 valence electrons. The number of hydrogen-bond acceptors (Lipinski definition) is 6. The average molecular weight is 300 g/mol. The van der Waals surface area contributed by atoms with E-state index >= 15 is 0 Å². The minimum Gasteiger partial charge on any atom is -0.497 e. The Hall–Kier alpha value is -2.73. The van der Waals surface area contributed by atoms with Crippen LogP contribution < -0.4 is 19.8 Å². The molecule has 0 bridgehead atoms. The largest absolute Gasteiger partial charge is 0.497 e.